The lowest BCUT2D eigenvalue weighted by molar-refractivity contribution is 0.768. The lowest BCUT2D eigenvalue weighted by Crippen LogP contribution is -1.87. The van der Waals surface area contributed by atoms with Gasteiger partial charge in [0.2, 0.25) is 0 Å². The minimum absolute atomic E-state index is 1.03. The van der Waals surface area contributed by atoms with E-state index in [0.717, 1.165) is 16.8 Å². The van der Waals surface area contributed by atoms with Crippen molar-refractivity contribution in [3.63, 3.8) is 0 Å². The van der Waals surface area contributed by atoms with Crippen LogP contribution in [0, 0.1) is 6.92 Å². The molecular weight excluding hydrogens is 210 g/mol. The highest BCUT2D eigenvalue weighted by atomic mass is 15.2. The monoisotopic (exact) mass is 223 g/mol. The number of benzene rings is 1. The first kappa shape index (κ1) is 10.0. The average molecular weight is 223 g/mol. The Bertz CT molecular complexity index is 683. The van der Waals surface area contributed by atoms with Gasteiger partial charge >= 0.3 is 0 Å². The Morgan fingerprint density at radius 2 is 2.00 bits per heavy atom. The first-order valence-electron chi connectivity index (χ1n) is 5.59. The number of fused-ring (bicyclic) bond motifs is 1. The minimum atomic E-state index is 1.03. The van der Waals surface area contributed by atoms with E-state index < -0.39 is 0 Å². The molecule has 0 aliphatic rings. The van der Waals surface area contributed by atoms with Gasteiger partial charge in [0.15, 0.2) is 0 Å². The van der Waals surface area contributed by atoms with E-state index in [9.17, 15) is 0 Å². The smallest absolute Gasteiger partial charge is 0.0711 e. The zero-order valence-corrected chi connectivity index (χ0v) is 9.88. The fraction of sp³-hybridized carbons (Fsp3) is 0.143. The van der Waals surface area contributed by atoms with Crippen molar-refractivity contribution in [1.29, 1.82) is 0 Å². The highest BCUT2D eigenvalue weighted by Gasteiger charge is 2.07. The van der Waals surface area contributed by atoms with Crippen LogP contribution in [0.1, 0.15) is 5.69 Å². The van der Waals surface area contributed by atoms with Gasteiger partial charge in [-0.2, -0.15) is 5.10 Å². The molecule has 2 heterocycles. The van der Waals surface area contributed by atoms with Crippen LogP contribution in [0.25, 0.3) is 22.0 Å². The molecule has 3 nitrogen and oxygen atoms in total. The predicted octanol–water partition coefficient (Wildman–Crippen LogP) is 2.94. The number of hydrogen-bond acceptors (Lipinski definition) is 2. The van der Waals surface area contributed by atoms with Crippen LogP contribution in [0.2, 0.25) is 0 Å². The molecule has 0 unspecified atom stereocenters. The molecule has 3 heteroatoms. The van der Waals surface area contributed by atoms with Crippen molar-refractivity contribution in [3.8, 4) is 11.1 Å². The zero-order valence-electron chi connectivity index (χ0n) is 9.88. The van der Waals surface area contributed by atoms with E-state index in [2.05, 4.69) is 22.2 Å². The standard InChI is InChI=1S/C14H13N3/c1-10-7-13(11-8-15-17(2)9-11)12-5-3-4-6-14(12)16-10/h3-9H,1-2H3. The quantitative estimate of drug-likeness (QED) is 0.635. The molecule has 0 N–H and O–H groups in total. The molecule has 1 aromatic carbocycles. The van der Waals surface area contributed by atoms with Crippen molar-refractivity contribution in [2.24, 2.45) is 7.05 Å². The van der Waals surface area contributed by atoms with Gasteiger partial charge in [0.1, 0.15) is 0 Å². The van der Waals surface area contributed by atoms with E-state index in [0.29, 0.717) is 0 Å². The summed E-state index contributed by atoms with van der Waals surface area (Å²) < 4.78 is 1.82. The summed E-state index contributed by atoms with van der Waals surface area (Å²) in [5.41, 5.74) is 4.39. The predicted molar refractivity (Wildman–Crippen MR) is 68.7 cm³/mol. The Morgan fingerprint density at radius 1 is 1.18 bits per heavy atom. The molecule has 84 valence electrons. The zero-order chi connectivity index (χ0) is 11.8. The maximum atomic E-state index is 4.54. The van der Waals surface area contributed by atoms with Crippen LogP contribution in [0.5, 0.6) is 0 Å². The fourth-order valence-electron chi connectivity index (χ4n) is 2.11. The summed E-state index contributed by atoms with van der Waals surface area (Å²) in [4.78, 5) is 4.54. The molecule has 0 saturated heterocycles. The van der Waals surface area contributed by atoms with Crippen LogP contribution in [-0.4, -0.2) is 14.8 Å². The molecule has 0 atom stereocenters. The second-order valence-electron chi connectivity index (χ2n) is 4.23. The molecule has 0 aliphatic carbocycles. The molecule has 3 aromatic rings. The largest absolute Gasteiger partial charge is 0.275 e. The third-order valence-electron chi connectivity index (χ3n) is 2.86. The van der Waals surface area contributed by atoms with E-state index in [4.69, 9.17) is 0 Å². The summed E-state index contributed by atoms with van der Waals surface area (Å²) in [7, 11) is 1.93. The van der Waals surface area contributed by atoms with Gasteiger partial charge in [0.25, 0.3) is 0 Å². The maximum absolute atomic E-state index is 4.54. The highest BCUT2D eigenvalue weighted by molar-refractivity contribution is 5.94. The number of aryl methyl sites for hydroxylation is 2. The molecule has 0 aliphatic heterocycles. The van der Waals surface area contributed by atoms with Gasteiger partial charge in [-0.1, -0.05) is 18.2 Å². The van der Waals surface area contributed by atoms with Gasteiger partial charge < -0.3 is 0 Å². The third-order valence-corrected chi connectivity index (χ3v) is 2.86. The molecule has 17 heavy (non-hydrogen) atoms. The minimum Gasteiger partial charge on any atom is -0.275 e. The van der Waals surface area contributed by atoms with Crippen LogP contribution < -0.4 is 0 Å². The molecule has 3 rings (SSSR count). The van der Waals surface area contributed by atoms with E-state index in [-0.39, 0.29) is 0 Å². The van der Waals surface area contributed by atoms with Crippen molar-refractivity contribution < 1.29 is 0 Å². The van der Waals surface area contributed by atoms with Crippen LogP contribution in [0.3, 0.4) is 0 Å². The SMILES string of the molecule is Cc1cc(-c2cnn(C)c2)c2ccccc2n1. The summed E-state index contributed by atoms with van der Waals surface area (Å²) in [5.74, 6) is 0. The molecule has 0 bridgehead atoms. The fourth-order valence-corrected chi connectivity index (χ4v) is 2.11. The van der Waals surface area contributed by atoms with Gasteiger partial charge in [-0.25, -0.2) is 0 Å². The second kappa shape index (κ2) is 3.70. The maximum Gasteiger partial charge on any atom is 0.0711 e. The Kier molecular flexibility index (Phi) is 2.18. The van der Waals surface area contributed by atoms with Crippen molar-refractivity contribution in [2.75, 3.05) is 0 Å². The van der Waals surface area contributed by atoms with Crippen molar-refractivity contribution >= 4 is 10.9 Å². The van der Waals surface area contributed by atoms with Crippen molar-refractivity contribution in [2.45, 2.75) is 6.92 Å². The Balaban J connectivity index is 2.35. The molecule has 0 fully saturated rings. The second-order valence-corrected chi connectivity index (χ2v) is 4.23. The lowest BCUT2D eigenvalue weighted by Gasteiger charge is -2.05. The van der Waals surface area contributed by atoms with E-state index >= 15 is 0 Å². The van der Waals surface area contributed by atoms with Gasteiger partial charge in [-0.3, -0.25) is 9.67 Å². The van der Waals surface area contributed by atoms with Gasteiger partial charge in [-0.05, 0) is 24.6 Å². The highest BCUT2D eigenvalue weighted by Crippen LogP contribution is 2.27. The van der Waals surface area contributed by atoms with Gasteiger partial charge in [-0.15, -0.1) is 0 Å². The molecule has 0 spiro atoms. The summed E-state index contributed by atoms with van der Waals surface area (Å²) in [6.45, 7) is 2.02. The Morgan fingerprint density at radius 3 is 2.76 bits per heavy atom. The van der Waals surface area contributed by atoms with Gasteiger partial charge in [0, 0.05) is 29.9 Å². The number of hydrogen-bond donors (Lipinski definition) is 0. The molecule has 0 amide bonds. The molecule has 0 radical (unpaired) electrons. The van der Waals surface area contributed by atoms with Crippen LogP contribution in [-0.2, 0) is 7.05 Å². The van der Waals surface area contributed by atoms with Crippen LogP contribution >= 0.6 is 0 Å². The number of aromatic nitrogens is 3. The Hall–Kier alpha value is -2.16. The average Bonchev–Trinajstić information content (AvgIpc) is 2.74. The van der Waals surface area contributed by atoms with Crippen molar-refractivity contribution in [3.05, 3.63) is 48.4 Å². The van der Waals surface area contributed by atoms with Crippen molar-refractivity contribution in [1.82, 2.24) is 14.8 Å². The molecule has 0 saturated carbocycles. The summed E-state index contributed by atoms with van der Waals surface area (Å²) in [6.07, 6.45) is 3.92. The summed E-state index contributed by atoms with van der Waals surface area (Å²) in [6, 6.07) is 10.3. The van der Waals surface area contributed by atoms with Crippen LogP contribution in [0.4, 0.5) is 0 Å². The number of nitrogens with zero attached hydrogens (tertiary/aromatic N) is 3. The number of para-hydroxylation sites is 1. The van der Waals surface area contributed by atoms with E-state index in [1.165, 1.54) is 10.9 Å². The topological polar surface area (TPSA) is 30.7 Å². The molecule has 2 aromatic heterocycles. The van der Waals surface area contributed by atoms with Gasteiger partial charge in [0.05, 0.1) is 11.7 Å². The van der Waals surface area contributed by atoms with Crippen LogP contribution in [0.15, 0.2) is 42.7 Å². The Labute approximate surface area is 99.7 Å². The molecular formula is C14H13N3. The van der Waals surface area contributed by atoms with E-state index in [1.54, 1.807) is 0 Å². The third kappa shape index (κ3) is 1.69. The number of rotatable bonds is 1. The number of pyridine rings is 1. The normalized spacial score (nSPS) is 10.9. The summed E-state index contributed by atoms with van der Waals surface area (Å²) >= 11 is 0. The lowest BCUT2D eigenvalue weighted by atomic mass is 10.0. The first-order chi connectivity index (χ1) is 8.24. The van der Waals surface area contributed by atoms with E-state index in [1.807, 2.05) is 49.2 Å². The first-order valence-corrected chi connectivity index (χ1v) is 5.59. The summed E-state index contributed by atoms with van der Waals surface area (Å²) in [5, 5.41) is 5.40.